The Hall–Kier alpha value is -3.29. The van der Waals surface area contributed by atoms with Gasteiger partial charge in [0.05, 0.1) is 34.7 Å². The number of hydrogen-bond acceptors (Lipinski definition) is 7. The van der Waals surface area contributed by atoms with Gasteiger partial charge in [0, 0.05) is 50.5 Å². The molecule has 1 saturated heterocycles. The van der Waals surface area contributed by atoms with Crippen LogP contribution in [0.3, 0.4) is 0 Å². The first-order chi connectivity index (χ1) is 17.1. The number of pyridine rings is 2. The van der Waals surface area contributed by atoms with E-state index in [0.717, 1.165) is 17.7 Å². The Morgan fingerprint density at radius 3 is 2.47 bits per heavy atom. The predicted molar refractivity (Wildman–Crippen MR) is 149 cm³/mol. The normalized spacial score (nSPS) is 14.6. The van der Waals surface area contributed by atoms with E-state index >= 15 is 0 Å². The van der Waals surface area contributed by atoms with Crippen molar-refractivity contribution in [1.29, 1.82) is 0 Å². The van der Waals surface area contributed by atoms with Crippen molar-refractivity contribution in [3.8, 4) is 28.5 Å². The molecule has 0 saturated carbocycles. The Morgan fingerprint density at radius 1 is 1.11 bits per heavy atom. The van der Waals surface area contributed by atoms with Gasteiger partial charge < -0.3 is 25.2 Å². The van der Waals surface area contributed by atoms with Crippen LogP contribution in [0.5, 0.6) is 17.2 Å². The van der Waals surface area contributed by atoms with Crippen LogP contribution in [0.25, 0.3) is 22.3 Å². The SMILES string of the molecule is Br.Br.CN(C(=O)c1cc2nc(-c3ccnc(CN4CCC(F)(F)C4)c3)ccc2[nH]1)c1cc(O)c(O)c(O)c1. The third-order valence-corrected chi connectivity index (χ3v) is 6.20. The molecule has 9 nitrogen and oxygen atoms in total. The first-order valence-corrected chi connectivity index (χ1v) is 11.2. The average molecular weight is 657 g/mol. The van der Waals surface area contributed by atoms with Crippen LogP contribution in [-0.4, -0.2) is 67.1 Å². The first-order valence-electron chi connectivity index (χ1n) is 11.2. The van der Waals surface area contributed by atoms with Crippen molar-refractivity contribution in [3.05, 3.63) is 60.0 Å². The summed E-state index contributed by atoms with van der Waals surface area (Å²) in [6, 6.07) is 11.1. The van der Waals surface area contributed by atoms with Gasteiger partial charge in [-0.25, -0.2) is 13.8 Å². The topological polar surface area (TPSA) is 126 Å². The molecule has 3 aromatic heterocycles. The zero-order valence-corrected chi connectivity index (χ0v) is 23.5. The molecular weight excluding hydrogens is 632 g/mol. The molecule has 4 N–H and O–H groups in total. The zero-order valence-electron chi connectivity index (χ0n) is 20.1. The number of phenolic OH excluding ortho intramolecular Hbond substituents is 3. The second-order valence-corrected chi connectivity index (χ2v) is 8.86. The molecule has 5 rings (SSSR count). The molecule has 0 radical (unpaired) electrons. The number of nitrogens with zero attached hydrogens (tertiary/aromatic N) is 4. The van der Waals surface area contributed by atoms with E-state index in [2.05, 4.69) is 15.0 Å². The number of alkyl halides is 2. The summed E-state index contributed by atoms with van der Waals surface area (Å²) in [6.45, 7) is 0.366. The van der Waals surface area contributed by atoms with Gasteiger partial charge in [-0.3, -0.25) is 14.7 Å². The summed E-state index contributed by atoms with van der Waals surface area (Å²) in [6.07, 6.45) is 1.47. The molecule has 0 bridgehead atoms. The smallest absolute Gasteiger partial charge is 0.274 e. The molecule has 38 heavy (non-hydrogen) atoms. The lowest BCUT2D eigenvalue weighted by Crippen LogP contribution is -2.26. The standard InChI is InChI=1S/C25H23F2N5O4.2BrH/c1-31(16-9-21(33)23(35)22(34)10-16)24(36)20-11-19-18(30-20)3-2-17(29-19)14-4-6-28-15(8-14)12-32-7-5-25(26,27)13-32;;/h2-4,6,8-11,30,33-35H,5,7,12-13H2,1H3;2*1H. The van der Waals surface area contributed by atoms with E-state index in [1.54, 1.807) is 35.4 Å². The predicted octanol–water partition coefficient (Wildman–Crippen LogP) is 5.02. The number of H-pyrrole nitrogens is 1. The van der Waals surface area contributed by atoms with Gasteiger partial charge in [-0.05, 0) is 30.3 Å². The summed E-state index contributed by atoms with van der Waals surface area (Å²) in [5.41, 5.74) is 3.65. The summed E-state index contributed by atoms with van der Waals surface area (Å²) in [7, 11) is 1.46. The van der Waals surface area contributed by atoms with Crippen LogP contribution in [-0.2, 0) is 6.54 Å². The van der Waals surface area contributed by atoms with E-state index in [1.165, 1.54) is 11.9 Å². The molecule has 0 atom stereocenters. The summed E-state index contributed by atoms with van der Waals surface area (Å²) in [5.74, 6) is -4.89. The Labute approximate surface area is 237 Å². The van der Waals surface area contributed by atoms with Crippen molar-refractivity contribution in [2.75, 3.05) is 25.0 Å². The van der Waals surface area contributed by atoms with E-state index in [4.69, 9.17) is 0 Å². The Kier molecular flexibility index (Phi) is 8.64. The van der Waals surface area contributed by atoms with Crippen molar-refractivity contribution in [2.24, 2.45) is 0 Å². The molecular formula is C25H25Br2F2N5O4. The van der Waals surface area contributed by atoms with Crippen molar-refractivity contribution in [3.63, 3.8) is 0 Å². The maximum atomic E-state index is 13.5. The lowest BCUT2D eigenvalue weighted by molar-refractivity contribution is 0.0114. The fraction of sp³-hybridized carbons (Fsp3) is 0.240. The molecule has 1 amide bonds. The van der Waals surface area contributed by atoms with E-state index in [-0.39, 0.29) is 58.3 Å². The number of aromatic hydroxyl groups is 3. The van der Waals surface area contributed by atoms with Crippen LogP contribution in [0.15, 0.2) is 48.7 Å². The van der Waals surface area contributed by atoms with Gasteiger partial charge in [-0.15, -0.1) is 34.0 Å². The molecule has 1 aromatic carbocycles. The second kappa shape index (κ2) is 11.2. The van der Waals surface area contributed by atoms with Crippen LogP contribution in [0.1, 0.15) is 22.6 Å². The van der Waals surface area contributed by atoms with Crippen molar-refractivity contribution in [2.45, 2.75) is 18.9 Å². The number of anilines is 1. The lowest BCUT2D eigenvalue weighted by atomic mass is 10.1. The number of aromatic nitrogens is 3. The summed E-state index contributed by atoms with van der Waals surface area (Å²) >= 11 is 0. The Bertz CT molecular complexity index is 1460. The van der Waals surface area contributed by atoms with Crippen LogP contribution >= 0.6 is 34.0 Å². The lowest BCUT2D eigenvalue weighted by Gasteiger charge is -2.17. The number of nitrogens with one attached hydrogen (secondary N) is 1. The highest BCUT2D eigenvalue weighted by Crippen LogP contribution is 2.38. The third-order valence-electron chi connectivity index (χ3n) is 6.20. The number of hydrogen-bond donors (Lipinski definition) is 4. The van der Waals surface area contributed by atoms with Crippen LogP contribution in [0.2, 0.25) is 0 Å². The number of phenols is 3. The monoisotopic (exact) mass is 655 g/mol. The third kappa shape index (κ3) is 5.89. The van der Waals surface area contributed by atoms with Crippen molar-refractivity contribution < 1.29 is 28.9 Å². The van der Waals surface area contributed by atoms with Crippen molar-refractivity contribution in [1.82, 2.24) is 19.9 Å². The van der Waals surface area contributed by atoms with E-state index in [1.807, 2.05) is 6.07 Å². The summed E-state index contributed by atoms with van der Waals surface area (Å²) < 4.78 is 27.0. The average Bonchev–Trinajstić information content (AvgIpc) is 3.43. The molecule has 1 fully saturated rings. The number of amides is 1. The largest absolute Gasteiger partial charge is 0.504 e. The highest BCUT2D eigenvalue weighted by molar-refractivity contribution is 8.93. The summed E-state index contributed by atoms with van der Waals surface area (Å²) in [4.78, 5) is 27.9. The quantitative estimate of drug-likeness (QED) is 0.223. The fourth-order valence-electron chi connectivity index (χ4n) is 4.26. The van der Waals surface area contributed by atoms with E-state index in [9.17, 15) is 28.9 Å². The maximum absolute atomic E-state index is 13.5. The van der Waals surface area contributed by atoms with Gasteiger partial charge in [0.15, 0.2) is 17.2 Å². The van der Waals surface area contributed by atoms with Gasteiger partial charge in [0.2, 0.25) is 0 Å². The highest BCUT2D eigenvalue weighted by atomic mass is 79.9. The van der Waals surface area contributed by atoms with E-state index < -0.39 is 29.1 Å². The van der Waals surface area contributed by atoms with Gasteiger partial charge in [0.1, 0.15) is 5.69 Å². The minimum Gasteiger partial charge on any atom is -0.504 e. The number of rotatable bonds is 5. The van der Waals surface area contributed by atoms with Crippen molar-refractivity contribution >= 4 is 56.6 Å². The molecule has 13 heteroatoms. The molecule has 202 valence electrons. The molecule has 0 spiro atoms. The van der Waals surface area contributed by atoms with Gasteiger partial charge in [0.25, 0.3) is 11.8 Å². The molecule has 1 aliphatic rings. The number of halogens is 4. The summed E-state index contributed by atoms with van der Waals surface area (Å²) in [5, 5.41) is 29.0. The van der Waals surface area contributed by atoms with Crippen LogP contribution < -0.4 is 4.90 Å². The number of benzene rings is 1. The van der Waals surface area contributed by atoms with E-state index in [0.29, 0.717) is 35.5 Å². The minimum absolute atomic E-state index is 0. The molecule has 0 aliphatic carbocycles. The highest BCUT2D eigenvalue weighted by Gasteiger charge is 2.38. The maximum Gasteiger partial charge on any atom is 0.274 e. The number of fused-ring (bicyclic) bond motifs is 1. The number of aromatic amines is 1. The van der Waals surface area contributed by atoms with Crippen LogP contribution in [0, 0.1) is 0 Å². The van der Waals surface area contributed by atoms with Crippen LogP contribution in [0.4, 0.5) is 14.5 Å². The number of carbonyl (C=O) groups excluding carboxylic acids is 1. The molecule has 1 aliphatic heterocycles. The second-order valence-electron chi connectivity index (χ2n) is 8.86. The molecule has 0 unspecified atom stereocenters. The minimum atomic E-state index is -2.66. The Morgan fingerprint density at radius 2 is 1.82 bits per heavy atom. The zero-order chi connectivity index (χ0) is 25.6. The van der Waals surface area contributed by atoms with Gasteiger partial charge >= 0.3 is 0 Å². The number of likely N-dealkylation sites (tertiary alicyclic amines) is 1. The molecule has 4 aromatic rings. The fourth-order valence-corrected chi connectivity index (χ4v) is 4.26. The Balaban J connectivity index is 0.00000200. The van der Waals surface area contributed by atoms with Gasteiger partial charge in [-0.1, -0.05) is 0 Å². The molecule has 4 heterocycles. The number of carbonyl (C=O) groups is 1. The van der Waals surface area contributed by atoms with Gasteiger partial charge in [-0.2, -0.15) is 0 Å². The first kappa shape index (κ1) is 29.3.